The lowest BCUT2D eigenvalue weighted by Gasteiger charge is -2.33. The molecular formula is C24H30BClN4O5. The van der Waals surface area contributed by atoms with Crippen molar-refractivity contribution in [2.75, 3.05) is 6.54 Å². The van der Waals surface area contributed by atoms with Gasteiger partial charge in [0, 0.05) is 18.0 Å². The van der Waals surface area contributed by atoms with Gasteiger partial charge in [0.1, 0.15) is 6.04 Å². The monoisotopic (exact) mass is 500 g/mol. The number of hydrogen-bond donors (Lipinski definition) is 6. The summed E-state index contributed by atoms with van der Waals surface area (Å²) in [6.45, 7) is -0.0826. The summed E-state index contributed by atoms with van der Waals surface area (Å²) in [5, 5.41) is 30.1. The maximum atomic E-state index is 12.9. The molecule has 35 heavy (non-hydrogen) atoms. The van der Waals surface area contributed by atoms with Gasteiger partial charge < -0.3 is 31.3 Å². The lowest BCUT2D eigenvalue weighted by atomic mass is 9.64. The highest BCUT2D eigenvalue weighted by Crippen LogP contribution is 2.29. The number of rotatable bonds is 11. The van der Waals surface area contributed by atoms with Crippen molar-refractivity contribution in [3.05, 3.63) is 70.7 Å². The molecule has 9 nitrogen and oxygen atoms in total. The molecule has 1 fully saturated rings. The Balaban J connectivity index is 1.58. The first-order chi connectivity index (χ1) is 16.8. The van der Waals surface area contributed by atoms with Gasteiger partial charge in [-0.25, -0.2) is 4.79 Å². The average Bonchev–Trinajstić information content (AvgIpc) is 2.80. The third kappa shape index (κ3) is 8.58. The van der Waals surface area contributed by atoms with Crippen LogP contribution in [0.5, 0.6) is 0 Å². The molecule has 2 unspecified atom stereocenters. The molecule has 2 aromatic rings. The van der Waals surface area contributed by atoms with E-state index in [-0.39, 0.29) is 25.4 Å². The summed E-state index contributed by atoms with van der Waals surface area (Å²) in [5.41, 5.74) is 1.64. The van der Waals surface area contributed by atoms with Crippen LogP contribution in [0, 0.1) is 5.92 Å². The Bertz CT molecular complexity index is 1010. The van der Waals surface area contributed by atoms with Gasteiger partial charge >= 0.3 is 13.1 Å². The van der Waals surface area contributed by atoms with Crippen LogP contribution in [0.1, 0.15) is 30.4 Å². The minimum atomic E-state index is -1.68. The quantitative estimate of drug-likeness (QED) is 0.257. The first kappa shape index (κ1) is 26.5. The lowest BCUT2D eigenvalue weighted by Crippen LogP contribution is -2.56. The van der Waals surface area contributed by atoms with E-state index in [0.29, 0.717) is 5.02 Å². The molecule has 3 rings (SSSR count). The zero-order valence-corrected chi connectivity index (χ0v) is 20.0. The molecule has 0 aliphatic heterocycles. The van der Waals surface area contributed by atoms with Crippen LogP contribution in [0.15, 0.2) is 54.6 Å². The highest BCUT2D eigenvalue weighted by atomic mass is 35.5. The van der Waals surface area contributed by atoms with E-state index in [1.165, 1.54) is 0 Å². The Labute approximate surface area is 209 Å². The van der Waals surface area contributed by atoms with Crippen molar-refractivity contribution in [2.45, 2.75) is 44.2 Å². The van der Waals surface area contributed by atoms with Crippen LogP contribution in [0.3, 0.4) is 0 Å². The van der Waals surface area contributed by atoms with E-state index in [1.807, 2.05) is 30.3 Å². The van der Waals surface area contributed by atoms with E-state index in [9.17, 15) is 24.4 Å². The number of urea groups is 1. The minimum absolute atomic E-state index is 0.000191. The third-order valence-electron chi connectivity index (χ3n) is 5.98. The van der Waals surface area contributed by atoms with Gasteiger partial charge in [-0.3, -0.25) is 9.59 Å². The molecule has 186 valence electrons. The van der Waals surface area contributed by atoms with Gasteiger partial charge in [0.05, 0.1) is 12.5 Å². The van der Waals surface area contributed by atoms with Crippen LogP contribution in [0.4, 0.5) is 4.79 Å². The molecule has 0 heterocycles. The van der Waals surface area contributed by atoms with Crippen molar-refractivity contribution in [2.24, 2.45) is 5.92 Å². The predicted octanol–water partition coefficient (Wildman–Crippen LogP) is 1.16. The number of halogens is 1. The molecule has 2 aromatic carbocycles. The standard InChI is InChI=1S/C24H30BClN4O5/c26-19-11-4-8-17(12-19)13-20(29-24(33)28-14-16-6-2-1-3-7-16)23(32)27-15-21(31)30-22(25(34)35)18-9-5-10-18/h1-4,6-8,11-12,18,20,22,34-35H,5,9-10,13-15H2,(H,27,32)(H,30,31)(H2,28,29,33). The lowest BCUT2D eigenvalue weighted by molar-refractivity contribution is -0.127. The van der Waals surface area contributed by atoms with Gasteiger partial charge in [0.25, 0.3) is 0 Å². The molecule has 0 spiro atoms. The average molecular weight is 501 g/mol. The van der Waals surface area contributed by atoms with Crippen LogP contribution < -0.4 is 21.3 Å². The molecule has 6 N–H and O–H groups in total. The molecule has 0 bridgehead atoms. The summed E-state index contributed by atoms with van der Waals surface area (Å²) in [5.74, 6) is -1.88. The zero-order valence-electron chi connectivity index (χ0n) is 19.2. The fourth-order valence-corrected chi connectivity index (χ4v) is 4.07. The SMILES string of the molecule is O=C(CNC(=O)C(Cc1cccc(Cl)c1)NC(=O)NCc1ccccc1)NC(B(O)O)C1CCC1. The smallest absolute Gasteiger partial charge is 0.426 e. The summed E-state index contributed by atoms with van der Waals surface area (Å²) in [6.07, 6.45) is 2.74. The molecule has 0 radical (unpaired) electrons. The topological polar surface area (TPSA) is 140 Å². The number of carbonyl (C=O) groups excluding carboxylic acids is 3. The molecule has 0 aromatic heterocycles. The summed E-state index contributed by atoms with van der Waals surface area (Å²) in [6, 6.07) is 14.8. The van der Waals surface area contributed by atoms with Gasteiger partial charge in [0.2, 0.25) is 11.8 Å². The fraction of sp³-hybridized carbons (Fsp3) is 0.375. The van der Waals surface area contributed by atoms with Crippen molar-refractivity contribution in [1.29, 1.82) is 0 Å². The predicted molar refractivity (Wildman–Crippen MR) is 133 cm³/mol. The van der Waals surface area contributed by atoms with E-state index in [4.69, 9.17) is 11.6 Å². The van der Waals surface area contributed by atoms with Crippen LogP contribution in [0.2, 0.25) is 5.02 Å². The first-order valence-electron chi connectivity index (χ1n) is 11.6. The Kier molecular flexibility index (Phi) is 9.95. The van der Waals surface area contributed by atoms with E-state index >= 15 is 0 Å². The summed E-state index contributed by atoms with van der Waals surface area (Å²) in [4.78, 5) is 37.7. The van der Waals surface area contributed by atoms with Crippen molar-refractivity contribution in [1.82, 2.24) is 21.3 Å². The molecule has 1 aliphatic rings. The summed E-state index contributed by atoms with van der Waals surface area (Å²) < 4.78 is 0. The van der Waals surface area contributed by atoms with Gasteiger partial charge in [-0.05, 0) is 42.0 Å². The highest BCUT2D eigenvalue weighted by Gasteiger charge is 2.36. The van der Waals surface area contributed by atoms with Crippen LogP contribution >= 0.6 is 11.6 Å². The van der Waals surface area contributed by atoms with E-state index < -0.39 is 36.9 Å². The molecule has 1 saturated carbocycles. The molecular weight excluding hydrogens is 471 g/mol. The minimum Gasteiger partial charge on any atom is -0.426 e. The molecule has 2 atom stereocenters. The Morgan fingerprint density at radius 2 is 1.69 bits per heavy atom. The van der Waals surface area contributed by atoms with Crippen molar-refractivity contribution < 1.29 is 24.4 Å². The maximum absolute atomic E-state index is 12.9. The first-order valence-corrected chi connectivity index (χ1v) is 12.0. The van der Waals surface area contributed by atoms with Gasteiger partial charge in [0.15, 0.2) is 0 Å². The third-order valence-corrected chi connectivity index (χ3v) is 6.21. The van der Waals surface area contributed by atoms with Crippen molar-refractivity contribution >= 4 is 36.6 Å². The van der Waals surface area contributed by atoms with Gasteiger partial charge in [-0.2, -0.15) is 0 Å². The van der Waals surface area contributed by atoms with Crippen LogP contribution in [-0.2, 0) is 22.6 Å². The van der Waals surface area contributed by atoms with E-state index in [2.05, 4.69) is 21.3 Å². The van der Waals surface area contributed by atoms with E-state index in [0.717, 1.165) is 30.4 Å². The van der Waals surface area contributed by atoms with Crippen molar-refractivity contribution in [3.8, 4) is 0 Å². The van der Waals surface area contributed by atoms with Gasteiger partial charge in [-0.15, -0.1) is 0 Å². The number of hydrogen-bond acceptors (Lipinski definition) is 5. The number of nitrogens with one attached hydrogen (secondary N) is 4. The number of amides is 4. The van der Waals surface area contributed by atoms with Crippen LogP contribution in [0.25, 0.3) is 0 Å². The Morgan fingerprint density at radius 1 is 0.971 bits per heavy atom. The molecule has 0 saturated heterocycles. The largest absolute Gasteiger partial charge is 0.475 e. The fourth-order valence-electron chi connectivity index (χ4n) is 3.86. The Hall–Kier alpha value is -3.08. The Morgan fingerprint density at radius 3 is 2.31 bits per heavy atom. The zero-order chi connectivity index (χ0) is 25.2. The number of benzene rings is 2. The second-order valence-electron chi connectivity index (χ2n) is 8.61. The molecule has 11 heteroatoms. The molecule has 1 aliphatic carbocycles. The van der Waals surface area contributed by atoms with Gasteiger partial charge in [-0.1, -0.05) is 60.5 Å². The molecule has 4 amide bonds. The second-order valence-corrected chi connectivity index (χ2v) is 9.05. The number of carbonyl (C=O) groups is 3. The maximum Gasteiger partial charge on any atom is 0.475 e. The van der Waals surface area contributed by atoms with E-state index in [1.54, 1.807) is 24.3 Å². The normalized spacial score (nSPS) is 14.7. The summed E-state index contributed by atoms with van der Waals surface area (Å²) in [7, 11) is -1.68. The second kappa shape index (κ2) is 13.1. The van der Waals surface area contributed by atoms with Crippen molar-refractivity contribution in [3.63, 3.8) is 0 Å². The van der Waals surface area contributed by atoms with Crippen LogP contribution in [-0.4, -0.2) is 53.5 Å². The summed E-state index contributed by atoms with van der Waals surface area (Å²) >= 11 is 6.06. The highest BCUT2D eigenvalue weighted by molar-refractivity contribution is 6.43.